The van der Waals surface area contributed by atoms with Gasteiger partial charge in [-0.15, -0.1) is 10.2 Å². The zero-order chi connectivity index (χ0) is 20.6. The number of ether oxygens (including phenoxy) is 1. The highest BCUT2D eigenvalue weighted by molar-refractivity contribution is 5.94. The van der Waals surface area contributed by atoms with Gasteiger partial charge < -0.3 is 14.2 Å². The molecule has 1 saturated heterocycles. The second-order valence-electron chi connectivity index (χ2n) is 8.55. The van der Waals surface area contributed by atoms with Gasteiger partial charge in [0.15, 0.2) is 11.6 Å². The number of carbonyl (C=O) groups is 2. The SMILES string of the molecule is CC(C)(C)OC(=O)N1CCn2c(nnc2[C@@H]2CCCN2C(=O)c2ccccc2)C1. The number of hydrogen-bond acceptors (Lipinski definition) is 5. The van der Waals surface area contributed by atoms with E-state index >= 15 is 0 Å². The summed E-state index contributed by atoms with van der Waals surface area (Å²) in [5.74, 6) is 1.57. The number of aromatic nitrogens is 3. The molecule has 0 unspecified atom stereocenters. The van der Waals surface area contributed by atoms with E-state index < -0.39 is 5.60 Å². The zero-order valence-corrected chi connectivity index (χ0v) is 17.2. The predicted molar refractivity (Wildman–Crippen MR) is 106 cm³/mol. The maximum absolute atomic E-state index is 13.0. The number of rotatable bonds is 2. The standard InChI is InChI=1S/C21H27N5O3/c1-21(2,3)29-20(28)24-12-13-26-17(14-24)22-23-18(26)16-10-7-11-25(16)19(27)15-8-5-4-6-9-15/h4-6,8-9,16H,7,10-14H2,1-3H3/t16-/m0/s1. The van der Waals surface area contributed by atoms with Crippen LogP contribution in [0, 0.1) is 0 Å². The molecule has 3 heterocycles. The van der Waals surface area contributed by atoms with Crippen LogP contribution in [-0.2, 0) is 17.8 Å². The molecule has 2 aromatic rings. The highest BCUT2D eigenvalue weighted by Gasteiger charge is 2.36. The molecule has 8 nitrogen and oxygen atoms in total. The monoisotopic (exact) mass is 397 g/mol. The summed E-state index contributed by atoms with van der Waals surface area (Å²) in [7, 11) is 0. The van der Waals surface area contributed by atoms with Crippen LogP contribution in [0.15, 0.2) is 30.3 Å². The van der Waals surface area contributed by atoms with Gasteiger partial charge in [-0.2, -0.15) is 0 Å². The molecule has 29 heavy (non-hydrogen) atoms. The predicted octanol–water partition coefficient (Wildman–Crippen LogP) is 3.01. The number of benzene rings is 1. The Hall–Kier alpha value is -2.90. The van der Waals surface area contributed by atoms with Crippen molar-refractivity contribution < 1.29 is 14.3 Å². The van der Waals surface area contributed by atoms with Crippen molar-refractivity contribution in [2.24, 2.45) is 0 Å². The topological polar surface area (TPSA) is 80.6 Å². The van der Waals surface area contributed by atoms with Crippen molar-refractivity contribution in [1.29, 1.82) is 0 Å². The van der Waals surface area contributed by atoms with Crippen LogP contribution in [0.5, 0.6) is 0 Å². The molecule has 154 valence electrons. The summed E-state index contributed by atoms with van der Waals surface area (Å²) in [6, 6.07) is 9.26. The van der Waals surface area contributed by atoms with Crippen LogP contribution in [0.4, 0.5) is 4.79 Å². The lowest BCUT2D eigenvalue weighted by molar-refractivity contribution is 0.0193. The lowest BCUT2D eigenvalue weighted by Gasteiger charge is -2.31. The van der Waals surface area contributed by atoms with Crippen molar-refractivity contribution in [2.45, 2.75) is 58.3 Å². The first kappa shape index (κ1) is 19.4. The second kappa shape index (κ2) is 7.50. The molecule has 1 fully saturated rings. The van der Waals surface area contributed by atoms with E-state index in [0.29, 0.717) is 31.7 Å². The molecule has 1 atom stereocenters. The lowest BCUT2D eigenvalue weighted by atomic mass is 10.1. The van der Waals surface area contributed by atoms with Crippen LogP contribution in [-0.4, -0.2) is 55.3 Å². The van der Waals surface area contributed by atoms with E-state index in [9.17, 15) is 9.59 Å². The summed E-state index contributed by atoms with van der Waals surface area (Å²) in [4.78, 5) is 28.9. The minimum absolute atomic E-state index is 0.0247. The maximum Gasteiger partial charge on any atom is 0.410 e. The first-order valence-corrected chi connectivity index (χ1v) is 10.1. The Labute approximate surface area is 170 Å². The van der Waals surface area contributed by atoms with Crippen LogP contribution >= 0.6 is 0 Å². The van der Waals surface area contributed by atoms with Crippen LogP contribution in [0.2, 0.25) is 0 Å². The van der Waals surface area contributed by atoms with E-state index in [4.69, 9.17) is 4.74 Å². The fourth-order valence-electron chi connectivity index (χ4n) is 3.93. The lowest BCUT2D eigenvalue weighted by Crippen LogP contribution is -2.42. The summed E-state index contributed by atoms with van der Waals surface area (Å²) in [6.07, 6.45) is 1.47. The van der Waals surface area contributed by atoms with Gasteiger partial charge in [0.1, 0.15) is 5.60 Å². The fourth-order valence-corrected chi connectivity index (χ4v) is 3.93. The summed E-state index contributed by atoms with van der Waals surface area (Å²) in [6.45, 7) is 7.77. The van der Waals surface area contributed by atoms with Crippen LogP contribution in [0.1, 0.15) is 61.7 Å². The number of likely N-dealkylation sites (tertiary alicyclic amines) is 1. The van der Waals surface area contributed by atoms with Crippen molar-refractivity contribution >= 4 is 12.0 Å². The Kier molecular flexibility index (Phi) is 5.02. The molecular weight excluding hydrogens is 370 g/mol. The summed E-state index contributed by atoms with van der Waals surface area (Å²) >= 11 is 0. The van der Waals surface area contributed by atoms with Gasteiger partial charge in [-0.05, 0) is 45.7 Å². The number of amides is 2. The van der Waals surface area contributed by atoms with Crippen LogP contribution < -0.4 is 0 Å². The van der Waals surface area contributed by atoms with Gasteiger partial charge in [0.25, 0.3) is 5.91 Å². The van der Waals surface area contributed by atoms with Crippen molar-refractivity contribution in [2.75, 3.05) is 13.1 Å². The molecule has 0 N–H and O–H groups in total. The van der Waals surface area contributed by atoms with Crippen molar-refractivity contribution in [3.05, 3.63) is 47.5 Å². The fraction of sp³-hybridized carbons (Fsp3) is 0.524. The Morgan fingerprint density at radius 1 is 1.07 bits per heavy atom. The normalized spacial score (nSPS) is 19.2. The molecule has 0 bridgehead atoms. The van der Waals surface area contributed by atoms with E-state index in [1.54, 1.807) is 4.90 Å². The first-order valence-electron chi connectivity index (χ1n) is 10.1. The van der Waals surface area contributed by atoms with Gasteiger partial charge in [-0.1, -0.05) is 18.2 Å². The molecule has 2 aliphatic rings. The van der Waals surface area contributed by atoms with Gasteiger partial charge in [-0.3, -0.25) is 9.69 Å². The Morgan fingerprint density at radius 3 is 2.55 bits per heavy atom. The molecule has 8 heteroatoms. The number of nitrogens with zero attached hydrogens (tertiary/aromatic N) is 5. The molecule has 4 rings (SSSR count). The van der Waals surface area contributed by atoms with Gasteiger partial charge in [0, 0.05) is 25.2 Å². The number of carbonyl (C=O) groups excluding carboxylic acids is 2. The van der Waals surface area contributed by atoms with E-state index in [1.807, 2.05) is 56.0 Å². The van der Waals surface area contributed by atoms with Crippen molar-refractivity contribution in [3.63, 3.8) is 0 Å². The average Bonchev–Trinajstić information content (AvgIpc) is 3.32. The number of hydrogen-bond donors (Lipinski definition) is 0. The minimum Gasteiger partial charge on any atom is -0.444 e. The number of fused-ring (bicyclic) bond motifs is 1. The van der Waals surface area contributed by atoms with Crippen molar-refractivity contribution in [3.8, 4) is 0 Å². The third-order valence-electron chi connectivity index (χ3n) is 5.27. The molecule has 2 amide bonds. The molecule has 0 saturated carbocycles. The van der Waals surface area contributed by atoms with Gasteiger partial charge in [0.2, 0.25) is 0 Å². The van der Waals surface area contributed by atoms with Gasteiger partial charge in [0.05, 0.1) is 12.6 Å². The second-order valence-corrected chi connectivity index (χ2v) is 8.55. The first-order chi connectivity index (χ1) is 13.8. The van der Waals surface area contributed by atoms with Crippen LogP contribution in [0.3, 0.4) is 0 Å². The van der Waals surface area contributed by atoms with Gasteiger partial charge >= 0.3 is 6.09 Å². The third-order valence-corrected chi connectivity index (χ3v) is 5.27. The summed E-state index contributed by atoms with van der Waals surface area (Å²) < 4.78 is 7.53. The Bertz CT molecular complexity index is 903. The Morgan fingerprint density at radius 2 is 1.83 bits per heavy atom. The highest BCUT2D eigenvalue weighted by Crippen LogP contribution is 2.33. The van der Waals surface area contributed by atoms with E-state index in [0.717, 1.165) is 24.5 Å². The Balaban J connectivity index is 1.52. The van der Waals surface area contributed by atoms with E-state index in [-0.39, 0.29) is 18.0 Å². The zero-order valence-electron chi connectivity index (χ0n) is 17.2. The third kappa shape index (κ3) is 3.97. The molecule has 1 aromatic heterocycles. The molecular formula is C21H27N5O3. The van der Waals surface area contributed by atoms with Gasteiger partial charge in [-0.25, -0.2) is 4.79 Å². The molecule has 2 aliphatic heterocycles. The molecule has 0 radical (unpaired) electrons. The quantitative estimate of drug-likeness (QED) is 0.778. The summed E-state index contributed by atoms with van der Waals surface area (Å²) in [5, 5.41) is 8.74. The summed E-state index contributed by atoms with van der Waals surface area (Å²) in [5.41, 5.74) is 0.157. The molecule has 0 aliphatic carbocycles. The van der Waals surface area contributed by atoms with Crippen molar-refractivity contribution in [1.82, 2.24) is 24.6 Å². The highest BCUT2D eigenvalue weighted by atomic mass is 16.6. The smallest absolute Gasteiger partial charge is 0.410 e. The molecule has 1 aromatic carbocycles. The minimum atomic E-state index is -0.532. The average molecular weight is 397 g/mol. The maximum atomic E-state index is 13.0. The van der Waals surface area contributed by atoms with E-state index in [1.165, 1.54) is 0 Å². The van der Waals surface area contributed by atoms with Crippen LogP contribution in [0.25, 0.3) is 0 Å². The molecule has 0 spiro atoms. The van der Waals surface area contributed by atoms with E-state index in [2.05, 4.69) is 14.8 Å². The largest absolute Gasteiger partial charge is 0.444 e.